The highest BCUT2D eigenvalue weighted by molar-refractivity contribution is 8.13. The number of methoxy groups -OCH3 is 1. The number of esters is 1. The largest absolute Gasteiger partial charge is 0.448 e. The second-order valence-electron chi connectivity index (χ2n) is 3.95. The molecule has 1 rings (SSSR count). The van der Waals surface area contributed by atoms with Crippen LogP contribution >= 0.6 is 11.8 Å². The third-order valence-corrected chi connectivity index (χ3v) is 3.53. The Morgan fingerprint density at radius 1 is 1.25 bits per heavy atom. The summed E-state index contributed by atoms with van der Waals surface area (Å²) in [5.41, 5.74) is -0.896. The Balaban J connectivity index is 2.70. The van der Waals surface area contributed by atoms with E-state index in [2.05, 4.69) is 0 Å². The Kier molecular flexibility index (Phi) is 5.28. The quantitative estimate of drug-likeness (QED) is 0.708. The average molecular weight is 246 g/mol. The van der Waals surface area contributed by atoms with Gasteiger partial charge in [0.2, 0.25) is 5.12 Å². The number of ether oxygens (including phenoxy) is 2. The second-order valence-corrected chi connectivity index (χ2v) is 4.73. The van der Waals surface area contributed by atoms with E-state index in [9.17, 15) is 9.59 Å². The van der Waals surface area contributed by atoms with Gasteiger partial charge in [-0.05, 0) is 31.9 Å². The molecule has 0 N–H and O–H groups in total. The third kappa shape index (κ3) is 3.22. The summed E-state index contributed by atoms with van der Waals surface area (Å²) in [6, 6.07) is 0. The van der Waals surface area contributed by atoms with Gasteiger partial charge in [0.15, 0.2) is 5.60 Å². The molecule has 1 aliphatic rings. The van der Waals surface area contributed by atoms with Crippen LogP contribution in [0.3, 0.4) is 0 Å². The highest BCUT2D eigenvalue weighted by Gasteiger charge is 2.42. The molecule has 0 aromatic rings. The van der Waals surface area contributed by atoms with E-state index in [-0.39, 0.29) is 11.7 Å². The van der Waals surface area contributed by atoms with Crippen molar-refractivity contribution < 1.29 is 19.1 Å². The molecule has 0 aromatic carbocycles. The van der Waals surface area contributed by atoms with Crippen LogP contribution in [-0.2, 0) is 19.1 Å². The van der Waals surface area contributed by atoms with Gasteiger partial charge in [0, 0.05) is 7.11 Å². The number of carbonyl (C=O) groups is 2. The molecule has 0 atom stereocenters. The van der Waals surface area contributed by atoms with Gasteiger partial charge in [-0.1, -0.05) is 18.2 Å². The molecular formula is C11H18O4S. The van der Waals surface area contributed by atoms with Crippen LogP contribution in [0, 0.1) is 0 Å². The lowest BCUT2D eigenvalue weighted by Crippen LogP contribution is -2.44. The number of hydrogen-bond donors (Lipinski definition) is 0. The van der Waals surface area contributed by atoms with E-state index in [0.29, 0.717) is 12.8 Å². The monoisotopic (exact) mass is 246 g/mol. The molecule has 0 heterocycles. The first kappa shape index (κ1) is 13.5. The molecule has 0 unspecified atom stereocenters. The average Bonchev–Trinajstić information content (AvgIpc) is 2.29. The molecular weight excluding hydrogens is 228 g/mol. The molecule has 0 saturated heterocycles. The normalized spacial score (nSPS) is 19.1. The number of thioether (sulfide) groups is 1. The zero-order valence-electron chi connectivity index (χ0n) is 9.78. The summed E-state index contributed by atoms with van der Waals surface area (Å²) in [5.74, 6) is -0.452. The van der Waals surface area contributed by atoms with Gasteiger partial charge in [-0.15, -0.1) is 0 Å². The summed E-state index contributed by atoms with van der Waals surface area (Å²) in [6.07, 6.45) is 5.98. The van der Waals surface area contributed by atoms with E-state index in [1.165, 1.54) is 7.11 Å². The van der Waals surface area contributed by atoms with Gasteiger partial charge in [-0.2, -0.15) is 0 Å². The summed E-state index contributed by atoms with van der Waals surface area (Å²) >= 11 is 1.13. The lowest BCUT2D eigenvalue weighted by Gasteiger charge is -2.34. The zero-order chi connectivity index (χ0) is 12.0. The van der Waals surface area contributed by atoms with Gasteiger partial charge in [0.05, 0.1) is 0 Å². The predicted molar refractivity (Wildman–Crippen MR) is 62.3 cm³/mol. The van der Waals surface area contributed by atoms with Gasteiger partial charge in [-0.3, -0.25) is 4.79 Å². The zero-order valence-corrected chi connectivity index (χ0v) is 10.6. The van der Waals surface area contributed by atoms with Crippen LogP contribution in [0.25, 0.3) is 0 Å². The first-order chi connectivity index (χ1) is 7.64. The Morgan fingerprint density at radius 3 is 2.38 bits per heavy atom. The molecule has 0 aliphatic heterocycles. The Bertz CT molecular complexity index is 259. The molecule has 0 amide bonds. The van der Waals surface area contributed by atoms with Crippen LogP contribution in [0.15, 0.2) is 0 Å². The van der Waals surface area contributed by atoms with Crippen molar-refractivity contribution in [1.29, 1.82) is 0 Å². The fourth-order valence-electron chi connectivity index (χ4n) is 2.02. The smallest absolute Gasteiger partial charge is 0.333 e. The third-order valence-electron chi connectivity index (χ3n) is 2.79. The molecule has 0 spiro atoms. The van der Waals surface area contributed by atoms with E-state index in [1.807, 2.05) is 0 Å². The highest BCUT2D eigenvalue weighted by atomic mass is 32.2. The van der Waals surface area contributed by atoms with Crippen LogP contribution in [0.5, 0.6) is 0 Å². The lowest BCUT2D eigenvalue weighted by molar-refractivity contribution is -0.170. The van der Waals surface area contributed by atoms with Gasteiger partial charge in [0.1, 0.15) is 6.61 Å². The van der Waals surface area contributed by atoms with Crippen molar-refractivity contribution in [3.8, 4) is 0 Å². The van der Waals surface area contributed by atoms with E-state index >= 15 is 0 Å². The molecule has 0 aromatic heterocycles. The standard InChI is InChI=1S/C11H18O4S/c1-14-8-9(12)15-11(10(13)16-2)6-4-3-5-7-11/h3-8H2,1-2H3. The van der Waals surface area contributed by atoms with Crippen LogP contribution in [0.2, 0.25) is 0 Å². The van der Waals surface area contributed by atoms with Crippen molar-refractivity contribution in [3.05, 3.63) is 0 Å². The summed E-state index contributed by atoms with van der Waals surface area (Å²) in [5, 5.41) is -0.0448. The minimum Gasteiger partial charge on any atom is -0.448 e. The van der Waals surface area contributed by atoms with Gasteiger partial charge >= 0.3 is 5.97 Å². The molecule has 0 radical (unpaired) electrons. The van der Waals surface area contributed by atoms with Crippen LogP contribution in [0.1, 0.15) is 32.1 Å². The summed E-state index contributed by atoms with van der Waals surface area (Å²) in [7, 11) is 1.44. The molecule has 5 heteroatoms. The SMILES string of the molecule is COCC(=O)OC1(C(=O)SC)CCCCC1. The number of hydrogen-bond acceptors (Lipinski definition) is 5. The molecule has 16 heavy (non-hydrogen) atoms. The van der Waals surface area contributed by atoms with Crippen LogP contribution < -0.4 is 0 Å². The molecule has 92 valence electrons. The van der Waals surface area contributed by atoms with Crippen molar-refractivity contribution in [1.82, 2.24) is 0 Å². The van der Waals surface area contributed by atoms with Crippen LogP contribution in [-0.4, -0.2) is 36.7 Å². The maximum absolute atomic E-state index is 11.9. The van der Waals surface area contributed by atoms with E-state index in [0.717, 1.165) is 31.0 Å². The van der Waals surface area contributed by atoms with E-state index in [4.69, 9.17) is 9.47 Å². The second kappa shape index (κ2) is 6.25. The minimum atomic E-state index is -0.896. The minimum absolute atomic E-state index is 0.0448. The Morgan fingerprint density at radius 2 is 1.88 bits per heavy atom. The molecule has 1 fully saturated rings. The topological polar surface area (TPSA) is 52.6 Å². The lowest BCUT2D eigenvalue weighted by atomic mass is 9.85. The summed E-state index contributed by atoms with van der Waals surface area (Å²) in [6.45, 7) is -0.0938. The molecule has 4 nitrogen and oxygen atoms in total. The highest BCUT2D eigenvalue weighted by Crippen LogP contribution is 2.35. The Labute approximate surface area is 100 Å². The first-order valence-electron chi connectivity index (χ1n) is 5.44. The van der Waals surface area contributed by atoms with Gasteiger partial charge in [0.25, 0.3) is 0 Å². The maximum atomic E-state index is 11.9. The van der Waals surface area contributed by atoms with Crippen molar-refractivity contribution >= 4 is 22.8 Å². The van der Waals surface area contributed by atoms with Crippen molar-refractivity contribution in [2.75, 3.05) is 20.0 Å². The van der Waals surface area contributed by atoms with Crippen molar-refractivity contribution in [3.63, 3.8) is 0 Å². The maximum Gasteiger partial charge on any atom is 0.333 e. The fraction of sp³-hybridized carbons (Fsp3) is 0.818. The van der Waals surface area contributed by atoms with E-state index < -0.39 is 11.6 Å². The van der Waals surface area contributed by atoms with Gasteiger partial charge < -0.3 is 9.47 Å². The van der Waals surface area contributed by atoms with Gasteiger partial charge in [-0.25, -0.2) is 4.79 Å². The molecule has 1 aliphatic carbocycles. The molecule has 1 saturated carbocycles. The van der Waals surface area contributed by atoms with Crippen molar-refractivity contribution in [2.45, 2.75) is 37.7 Å². The van der Waals surface area contributed by atoms with Crippen LogP contribution in [0.4, 0.5) is 0 Å². The number of carbonyl (C=O) groups excluding carboxylic acids is 2. The van der Waals surface area contributed by atoms with E-state index in [1.54, 1.807) is 6.26 Å². The predicted octanol–water partition coefficient (Wildman–Crippen LogP) is 1.77. The Hall–Kier alpha value is -0.550. The summed E-state index contributed by atoms with van der Waals surface area (Å²) in [4.78, 5) is 23.3. The van der Waals surface area contributed by atoms with Crippen molar-refractivity contribution in [2.24, 2.45) is 0 Å². The number of rotatable bonds is 4. The first-order valence-corrected chi connectivity index (χ1v) is 6.66. The molecule has 0 bridgehead atoms. The summed E-state index contributed by atoms with van der Waals surface area (Å²) < 4.78 is 10.0. The fourth-order valence-corrected chi connectivity index (χ4v) is 2.64.